The summed E-state index contributed by atoms with van der Waals surface area (Å²) in [6.45, 7) is 5.12. The number of benzene rings is 2. The molecule has 0 aromatic heterocycles. The summed E-state index contributed by atoms with van der Waals surface area (Å²) >= 11 is 3.18. The molecule has 0 aliphatic rings. The van der Waals surface area contributed by atoms with E-state index in [1.54, 1.807) is 12.1 Å². The van der Waals surface area contributed by atoms with Crippen molar-refractivity contribution in [1.29, 1.82) is 0 Å². The molecule has 0 saturated carbocycles. The van der Waals surface area contributed by atoms with Crippen LogP contribution < -0.4 is 10.1 Å². The Hall–Kier alpha value is -1.39. The lowest BCUT2D eigenvalue weighted by Gasteiger charge is -2.20. The van der Waals surface area contributed by atoms with Crippen molar-refractivity contribution in [1.82, 2.24) is 5.32 Å². The van der Waals surface area contributed by atoms with Gasteiger partial charge in [0.2, 0.25) is 0 Å². The van der Waals surface area contributed by atoms with E-state index in [0.29, 0.717) is 10.2 Å². The summed E-state index contributed by atoms with van der Waals surface area (Å²) in [6.07, 6.45) is 0.974. The third-order valence-electron chi connectivity index (χ3n) is 3.27. The zero-order valence-electron chi connectivity index (χ0n) is 12.2. The van der Waals surface area contributed by atoms with Crippen LogP contribution in [0.4, 0.5) is 4.39 Å². The van der Waals surface area contributed by atoms with Gasteiger partial charge >= 0.3 is 0 Å². The summed E-state index contributed by atoms with van der Waals surface area (Å²) in [6, 6.07) is 12.8. The molecule has 0 saturated heterocycles. The molecule has 0 heterocycles. The Morgan fingerprint density at radius 1 is 1.19 bits per heavy atom. The first-order valence-electron chi connectivity index (χ1n) is 7.10. The molecule has 21 heavy (non-hydrogen) atoms. The van der Waals surface area contributed by atoms with Gasteiger partial charge in [0.1, 0.15) is 17.3 Å². The van der Waals surface area contributed by atoms with Crippen LogP contribution in [-0.2, 0) is 0 Å². The molecule has 2 aromatic rings. The number of hydrogen-bond acceptors (Lipinski definition) is 2. The van der Waals surface area contributed by atoms with E-state index >= 15 is 0 Å². The molecule has 0 radical (unpaired) electrons. The number of hydrogen-bond donors (Lipinski definition) is 1. The van der Waals surface area contributed by atoms with Crippen LogP contribution in [0.25, 0.3) is 0 Å². The zero-order chi connectivity index (χ0) is 15.2. The molecule has 1 unspecified atom stereocenters. The fourth-order valence-electron chi connectivity index (χ4n) is 2.25. The SMILES string of the molecule is CCNC(CC)c1ccccc1Oc1ccc(F)c(Br)c1. The van der Waals surface area contributed by atoms with Gasteiger partial charge in [0.05, 0.1) is 4.47 Å². The fourth-order valence-corrected chi connectivity index (χ4v) is 2.61. The van der Waals surface area contributed by atoms with Gasteiger partial charge in [-0.1, -0.05) is 32.0 Å². The van der Waals surface area contributed by atoms with Crippen molar-refractivity contribution in [3.05, 3.63) is 58.3 Å². The fraction of sp³-hybridized carbons (Fsp3) is 0.294. The average Bonchev–Trinajstić information content (AvgIpc) is 2.49. The lowest BCUT2D eigenvalue weighted by Crippen LogP contribution is -2.20. The van der Waals surface area contributed by atoms with E-state index in [2.05, 4.69) is 41.2 Å². The van der Waals surface area contributed by atoms with Crippen molar-refractivity contribution in [2.75, 3.05) is 6.54 Å². The standard InChI is InChI=1S/C17H19BrFNO/c1-3-16(20-4-2)13-7-5-6-8-17(13)21-12-9-10-15(19)14(18)11-12/h5-11,16,20H,3-4H2,1-2H3. The highest BCUT2D eigenvalue weighted by Gasteiger charge is 2.14. The quantitative estimate of drug-likeness (QED) is 0.747. The van der Waals surface area contributed by atoms with E-state index in [0.717, 1.165) is 24.3 Å². The molecular weight excluding hydrogens is 333 g/mol. The zero-order valence-corrected chi connectivity index (χ0v) is 13.8. The molecule has 2 rings (SSSR count). The maximum atomic E-state index is 13.3. The van der Waals surface area contributed by atoms with E-state index in [1.165, 1.54) is 6.07 Å². The minimum absolute atomic E-state index is 0.245. The first-order valence-corrected chi connectivity index (χ1v) is 7.90. The number of ether oxygens (including phenoxy) is 1. The molecule has 0 aliphatic carbocycles. The third kappa shape index (κ3) is 4.05. The van der Waals surface area contributed by atoms with Crippen molar-refractivity contribution < 1.29 is 9.13 Å². The predicted molar refractivity (Wildman–Crippen MR) is 87.3 cm³/mol. The Morgan fingerprint density at radius 3 is 2.62 bits per heavy atom. The van der Waals surface area contributed by atoms with Crippen molar-refractivity contribution in [2.24, 2.45) is 0 Å². The van der Waals surface area contributed by atoms with E-state index < -0.39 is 0 Å². The molecule has 4 heteroatoms. The Morgan fingerprint density at radius 2 is 1.95 bits per heavy atom. The summed E-state index contributed by atoms with van der Waals surface area (Å²) in [5, 5.41) is 3.45. The number of nitrogens with one attached hydrogen (secondary N) is 1. The monoisotopic (exact) mass is 351 g/mol. The maximum absolute atomic E-state index is 13.3. The van der Waals surface area contributed by atoms with Crippen molar-refractivity contribution >= 4 is 15.9 Å². The summed E-state index contributed by atoms with van der Waals surface area (Å²) < 4.78 is 19.6. The van der Waals surface area contributed by atoms with Crippen molar-refractivity contribution in [3.63, 3.8) is 0 Å². The number of para-hydroxylation sites is 1. The summed E-state index contributed by atoms with van der Waals surface area (Å²) in [5.41, 5.74) is 1.11. The lowest BCUT2D eigenvalue weighted by molar-refractivity contribution is 0.451. The minimum Gasteiger partial charge on any atom is -0.457 e. The highest BCUT2D eigenvalue weighted by molar-refractivity contribution is 9.10. The lowest BCUT2D eigenvalue weighted by atomic mass is 10.0. The molecule has 1 atom stereocenters. The van der Waals surface area contributed by atoms with Gasteiger partial charge in [-0.3, -0.25) is 0 Å². The van der Waals surface area contributed by atoms with Gasteiger partial charge in [-0.15, -0.1) is 0 Å². The summed E-state index contributed by atoms with van der Waals surface area (Å²) in [7, 11) is 0. The van der Waals surface area contributed by atoms with Crippen LogP contribution in [0.5, 0.6) is 11.5 Å². The molecule has 0 bridgehead atoms. The first kappa shape index (κ1) is 16.0. The van der Waals surface area contributed by atoms with Gasteiger partial charge in [0.15, 0.2) is 0 Å². The number of rotatable bonds is 6. The summed E-state index contributed by atoms with van der Waals surface area (Å²) in [5.74, 6) is 1.11. The molecule has 0 spiro atoms. The molecule has 0 fully saturated rings. The highest BCUT2D eigenvalue weighted by atomic mass is 79.9. The maximum Gasteiger partial charge on any atom is 0.137 e. The Bertz CT molecular complexity index is 603. The Balaban J connectivity index is 2.29. The molecule has 2 nitrogen and oxygen atoms in total. The van der Waals surface area contributed by atoms with Crippen LogP contribution >= 0.6 is 15.9 Å². The van der Waals surface area contributed by atoms with Crippen molar-refractivity contribution in [3.8, 4) is 11.5 Å². The van der Waals surface area contributed by atoms with E-state index in [-0.39, 0.29) is 11.9 Å². The van der Waals surface area contributed by atoms with Gasteiger partial charge in [-0.05, 0) is 53.2 Å². The second-order valence-corrected chi connectivity index (χ2v) is 5.59. The first-order chi connectivity index (χ1) is 10.2. The molecule has 2 aromatic carbocycles. The topological polar surface area (TPSA) is 21.3 Å². The average molecular weight is 352 g/mol. The van der Waals surface area contributed by atoms with Crippen LogP contribution in [0, 0.1) is 5.82 Å². The van der Waals surface area contributed by atoms with Gasteiger partial charge < -0.3 is 10.1 Å². The van der Waals surface area contributed by atoms with Gasteiger partial charge in [-0.2, -0.15) is 0 Å². The van der Waals surface area contributed by atoms with Gasteiger partial charge in [0, 0.05) is 11.6 Å². The normalized spacial score (nSPS) is 12.2. The Labute approximate surface area is 133 Å². The van der Waals surface area contributed by atoms with Crippen LogP contribution in [0.3, 0.4) is 0 Å². The Kier molecular flexibility index (Phi) is 5.76. The number of halogens is 2. The van der Waals surface area contributed by atoms with Crippen LogP contribution in [0.2, 0.25) is 0 Å². The second kappa shape index (κ2) is 7.57. The molecule has 112 valence electrons. The van der Waals surface area contributed by atoms with Crippen LogP contribution in [0.15, 0.2) is 46.9 Å². The van der Waals surface area contributed by atoms with Crippen LogP contribution in [-0.4, -0.2) is 6.54 Å². The molecular formula is C17H19BrFNO. The van der Waals surface area contributed by atoms with Crippen molar-refractivity contribution in [2.45, 2.75) is 26.3 Å². The second-order valence-electron chi connectivity index (χ2n) is 4.73. The largest absolute Gasteiger partial charge is 0.457 e. The molecule has 0 aliphatic heterocycles. The predicted octanol–water partition coefficient (Wildman–Crippen LogP) is 5.44. The van der Waals surface area contributed by atoms with Gasteiger partial charge in [-0.25, -0.2) is 4.39 Å². The highest BCUT2D eigenvalue weighted by Crippen LogP contribution is 2.32. The summed E-state index contributed by atoms with van der Waals surface area (Å²) in [4.78, 5) is 0. The van der Waals surface area contributed by atoms with E-state index in [9.17, 15) is 4.39 Å². The van der Waals surface area contributed by atoms with E-state index in [1.807, 2.05) is 18.2 Å². The minimum atomic E-state index is -0.297. The van der Waals surface area contributed by atoms with Crippen LogP contribution in [0.1, 0.15) is 31.9 Å². The molecule has 0 amide bonds. The van der Waals surface area contributed by atoms with E-state index in [4.69, 9.17) is 4.74 Å². The smallest absolute Gasteiger partial charge is 0.137 e. The third-order valence-corrected chi connectivity index (χ3v) is 3.88. The van der Waals surface area contributed by atoms with Gasteiger partial charge in [0.25, 0.3) is 0 Å². The molecule has 1 N–H and O–H groups in total.